The van der Waals surface area contributed by atoms with Crippen LogP contribution in [0.4, 0.5) is 0 Å². The molecule has 20 heavy (non-hydrogen) atoms. The van der Waals surface area contributed by atoms with E-state index in [9.17, 15) is 9.90 Å². The van der Waals surface area contributed by atoms with Crippen LogP contribution in [0, 0.1) is 0 Å². The standard InChI is InChI=1S/C14H15NO4S/c16-13(14(17)5-1-2-6-14)19-8-10-9-20-12(15-10)11-4-3-7-18-11/h3-4,7,9,17H,1-2,5-6,8H2. The summed E-state index contributed by atoms with van der Waals surface area (Å²) in [5.74, 6) is 0.157. The Balaban J connectivity index is 1.60. The van der Waals surface area contributed by atoms with E-state index in [0.29, 0.717) is 24.3 Å². The molecule has 1 aliphatic rings. The highest BCUT2D eigenvalue weighted by Crippen LogP contribution is 2.31. The van der Waals surface area contributed by atoms with Crippen molar-refractivity contribution in [2.75, 3.05) is 0 Å². The number of hydrogen-bond acceptors (Lipinski definition) is 6. The summed E-state index contributed by atoms with van der Waals surface area (Å²) in [7, 11) is 0. The lowest BCUT2D eigenvalue weighted by molar-refractivity contribution is -0.166. The van der Waals surface area contributed by atoms with Crippen molar-refractivity contribution in [2.45, 2.75) is 37.9 Å². The Morgan fingerprint density at radius 2 is 2.30 bits per heavy atom. The van der Waals surface area contributed by atoms with Crippen LogP contribution in [0.2, 0.25) is 0 Å². The van der Waals surface area contributed by atoms with Crippen molar-refractivity contribution < 1.29 is 19.1 Å². The number of thiazole rings is 1. The highest BCUT2D eigenvalue weighted by Gasteiger charge is 2.40. The molecule has 2 aromatic heterocycles. The summed E-state index contributed by atoms with van der Waals surface area (Å²) in [4.78, 5) is 16.2. The van der Waals surface area contributed by atoms with Crippen LogP contribution in [-0.4, -0.2) is 21.7 Å². The second-order valence-electron chi connectivity index (χ2n) is 4.94. The van der Waals surface area contributed by atoms with Crippen LogP contribution in [-0.2, 0) is 16.1 Å². The van der Waals surface area contributed by atoms with Crippen LogP contribution >= 0.6 is 11.3 Å². The average Bonchev–Trinajstić information content (AvgIpc) is 3.17. The van der Waals surface area contributed by atoms with Gasteiger partial charge >= 0.3 is 5.97 Å². The van der Waals surface area contributed by atoms with E-state index in [1.165, 1.54) is 11.3 Å². The maximum Gasteiger partial charge on any atom is 0.338 e. The molecule has 0 aliphatic heterocycles. The lowest BCUT2D eigenvalue weighted by Gasteiger charge is -2.19. The van der Waals surface area contributed by atoms with Gasteiger partial charge in [-0.25, -0.2) is 9.78 Å². The summed E-state index contributed by atoms with van der Waals surface area (Å²) in [6.07, 6.45) is 4.29. The highest BCUT2D eigenvalue weighted by atomic mass is 32.1. The van der Waals surface area contributed by atoms with Crippen molar-refractivity contribution in [3.05, 3.63) is 29.5 Å². The third-order valence-electron chi connectivity index (χ3n) is 3.45. The van der Waals surface area contributed by atoms with Crippen molar-refractivity contribution in [3.63, 3.8) is 0 Å². The molecule has 1 N–H and O–H groups in total. The molecule has 0 radical (unpaired) electrons. The zero-order chi connectivity index (χ0) is 14.0. The van der Waals surface area contributed by atoms with Gasteiger partial charge in [-0.2, -0.15) is 0 Å². The van der Waals surface area contributed by atoms with Gasteiger partial charge in [0, 0.05) is 5.38 Å². The molecule has 0 atom stereocenters. The van der Waals surface area contributed by atoms with Crippen molar-refractivity contribution in [2.24, 2.45) is 0 Å². The first-order chi connectivity index (χ1) is 9.67. The maximum absolute atomic E-state index is 11.9. The third kappa shape index (κ3) is 2.62. The van der Waals surface area contributed by atoms with Crippen LogP contribution < -0.4 is 0 Å². The molecule has 0 bridgehead atoms. The molecule has 0 aromatic carbocycles. The summed E-state index contributed by atoms with van der Waals surface area (Å²) >= 11 is 1.43. The number of rotatable bonds is 4. The molecule has 1 fully saturated rings. The lowest BCUT2D eigenvalue weighted by atomic mass is 10.0. The van der Waals surface area contributed by atoms with E-state index in [-0.39, 0.29) is 6.61 Å². The van der Waals surface area contributed by atoms with Crippen molar-refractivity contribution in [3.8, 4) is 10.8 Å². The zero-order valence-corrected chi connectivity index (χ0v) is 11.7. The van der Waals surface area contributed by atoms with E-state index >= 15 is 0 Å². The van der Waals surface area contributed by atoms with Gasteiger partial charge in [-0.1, -0.05) is 0 Å². The number of ether oxygens (including phenoxy) is 1. The number of aromatic nitrogens is 1. The fourth-order valence-electron chi connectivity index (χ4n) is 2.32. The van der Waals surface area contributed by atoms with Crippen LogP contribution in [0.15, 0.2) is 28.2 Å². The van der Waals surface area contributed by atoms with Crippen molar-refractivity contribution in [1.82, 2.24) is 4.98 Å². The van der Waals surface area contributed by atoms with Crippen molar-refractivity contribution >= 4 is 17.3 Å². The molecule has 0 saturated heterocycles. The molecular weight excluding hydrogens is 278 g/mol. The largest absolute Gasteiger partial charge is 0.462 e. The fraction of sp³-hybridized carbons (Fsp3) is 0.429. The Hall–Kier alpha value is -1.66. The number of esters is 1. The van der Waals surface area contributed by atoms with E-state index in [1.807, 2.05) is 11.4 Å². The fourth-order valence-corrected chi connectivity index (χ4v) is 3.10. The summed E-state index contributed by atoms with van der Waals surface area (Å²) in [6.45, 7) is 0.0817. The van der Waals surface area contributed by atoms with Gasteiger partial charge in [-0.3, -0.25) is 0 Å². The topological polar surface area (TPSA) is 72.6 Å². The Bertz CT molecular complexity index is 584. The Labute approximate surface area is 120 Å². The number of carbonyl (C=O) groups is 1. The van der Waals surface area contributed by atoms with Gasteiger partial charge in [0.05, 0.1) is 12.0 Å². The summed E-state index contributed by atoms with van der Waals surface area (Å²) in [5.41, 5.74) is -0.629. The quantitative estimate of drug-likeness (QED) is 0.877. The Morgan fingerprint density at radius 3 is 3.00 bits per heavy atom. The van der Waals surface area contributed by atoms with Gasteiger partial charge in [-0.15, -0.1) is 11.3 Å². The SMILES string of the molecule is O=C(OCc1csc(-c2ccco2)n1)C1(O)CCCC1. The minimum absolute atomic E-state index is 0.0817. The molecular formula is C14H15NO4S. The van der Waals surface area contributed by atoms with Crippen LogP contribution in [0.3, 0.4) is 0 Å². The molecule has 106 valence electrons. The predicted molar refractivity (Wildman–Crippen MR) is 73.0 cm³/mol. The van der Waals surface area contributed by atoms with Crippen LogP contribution in [0.5, 0.6) is 0 Å². The molecule has 0 unspecified atom stereocenters. The molecule has 3 rings (SSSR count). The minimum atomic E-state index is -1.29. The highest BCUT2D eigenvalue weighted by molar-refractivity contribution is 7.13. The number of nitrogens with zero attached hydrogens (tertiary/aromatic N) is 1. The van der Waals surface area contributed by atoms with E-state index in [1.54, 1.807) is 12.3 Å². The summed E-state index contributed by atoms with van der Waals surface area (Å²) < 4.78 is 10.4. The molecule has 1 saturated carbocycles. The van der Waals surface area contributed by atoms with Gasteiger partial charge in [0.1, 0.15) is 6.61 Å². The van der Waals surface area contributed by atoms with Gasteiger partial charge in [0.25, 0.3) is 0 Å². The van der Waals surface area contributed by atoms with Gasteiger partial charge < -0.3 is 14.3 Å². The number of carbonyl (C=O) groups excluding carboxylic acids is 1. The van der Waals surface area contributed by atoms with Crippen molar-refractivity contribution in [1.29, 1.82) is 0 Å². The first-order valence-corrected chi connectivity index (χ1v) is 7.43. The lowest BCUT2D eigenvalue weighted by Crippen LogP contribution is -2.36. The Morgan fingerprint density at radius 1 is 1.50 bits per heavy atom. The molecule has 2 heterocycles. The number of hydrogen-bond donors (Lipinski definition) is 1. The maximum atomic E-state index is 11.9. The van der Waals surface area contributed by atoms with E-state index in [0.717, 1.165) is 17.8 Å². The van der Waals surface area contributed by atoms with Crippen LogP contribution in [0.1, 0.15) is 31.4 Å². The molecule has 6 heteroatoms. The normalized spacial score (nSPS) is 17.2. The van der Waals surface area contributed by atoms with Gasteiger partial charge in [0.2, 0.25) is 0 Å². The molecule has 5 nitrogen and oxygen atoms in total. The predicted octanol–water partition coefficient (Wildman–Crippen LogP) is 2.75. The number of aliphatic hydroxyl groups is 1. The molecule has 0 spiro atoms. The molecule has 0 amide bonds. The minimum Gasteiger partial charge on any atom is -0.462 e. The smallest absolute Gasteiger partial charge is 0.338 e. The van der Waals surface area contributed by atoms with E-state index < -0.39 is 11.6 Å². The molecule has 2 aromatic rings. The molecule has 1 aliphatic carbocycles. The first kappa shape index (κ1) is 13.3. The zero-order valence-electron chi connectivity index (χ0n) is 10.9. The second-order valence-corrected chi connectivity index (χ2v) is 5.79. The summed E-state index contributed by atoms with van der Waals surface area (Å²) in [6, 6.07) is 3.63. The monoisotopic (exact) mass is 293 g/mol. The van der Waals surface area contributed by atoms with Crippen LogP contribution in [0.25, 0.3) is 10.8 Å². The number of furan rings is 1. The first-order valence-electron chi connectivity index (χ1n) is 6.55. The average molecular weight is 293 g/mol. The van der Waals surface area contributed by atoms with E-state index in [4.69, 9.17) is 9.15 Å². The van der Waals surface area contributed by atoms with Gasteiger partial charge in [-0.05, 0) is 37.8 Å². The Kier molecular flexibility index (Phi) is 3.58. The second kappa shape index (κ2) is 5.38. The third-order valence-corrected chi connectivity index (χ3v) is 4.35. The van der Waals surface area contributed by atoms with Gasteiger partial charge in [0.15, 0.2) is 16.4 Å². The summed E-state index contributed by atoms with van der Waals surface area (Å²) in [5, 5.41) is 12.7. The van der Waals surface area contributed by atoms with E-state index in [2.05, 4.69) is 4.98 Å².